The van der Waals surface area contributed by atoms with E-state index >= 15 is 0 Å². The fraction of sp³-hybridized carbons (Fsp3) is 0.409. The maximum absolute atomic E-state index is 14.4. The summed E-state index contributed by atoms with van der Waals surface area (Å²) in [4.78, 5) is 26.1. The molecular weight excluding hydrogens is 462 g/mol. The van der Waals surface area contributed by atoms with Gasteiger partial charge in [0.25, 0.3) is 5.91 Å². The number of carbonyl (C=O) groups excluding carboxylic acids is 2. The molecule has 0 spiro atoms. The minimum absolute atomic E-state index is 0.0193. The van der Waals surface area contributed by atoms with Gasteiger partial charge in [0.2, 0.25) is 0 Å². The van der Waals surface area contributed by atoms with E-state index in [0.717, 1.165) is 59.7 Å². The van der Waals surface area contributed by atoms with Gasteiger partial charge in [0.05, 0.1) is 12.2 Å². The summed E-state index contributed by atoms with van der Waals surface area (Å²) >= 11 is 0.961. The molecule has 11 heteroatoms. The van der Waals surface area contributed by atoms with E-state index < -0.39 is 29.5 Å². The van der Waals surface area contributed by atoms with Crippen LogP contribution in [0.3, 0.4) is 0 Å². The standard InChI is InChI=1S/C22H21F4N3O3S/c1-2-32-20(31)21(22(24,25)26,28-18(30)13-8-10-14(23)11-9-13)29-19-16(12-27)15-6-4-3-5-7-17(15)33-19/h8-11,29H,2-7H2,1H3,(H,28,30)/t21-/m1/s1. The Bertz CT molecular complexity index is 1080. The lowest BCUT2D eigenvalue weighted by Crippen LogP contribution is -2.69. The SMILES string of the molecule is CCOC(=O)[C@@](NC(=O)c1ccc(F)cc1)(Nc1sc2c(c1C#N)CCCCC2)C(F)(F)F. The van der Waals surface area contributed by atoms with Crippen molar-refractivity contribution in [1.82, 2.24) is 5.32 Å². The number of fused-ring (bicyclic) bond motifs is 1. The van der Waals surface area contributed by atoms with Crippen molar-refractivity contribution in [2.45, 2.75) is 50.9 Å². The molecule has 3 rings (SSSR count). The van der Waals surface area contributed by atoms with Crippen LogP contribution in [0.15, 0.2) is 24.3 Å². The van der Waals surface area contributed by atoms with Crippen molar-refractivity contribution in [3.05, 3.63) is 51.7 Å². The number of nitriles is 1. The number of amides is 1. The van der Waals surface area contributed by atoms with Crippen molar-refractivity contribution >= 4 is 28.2 Å². The summed E-state index contributed by atoms with van der Waals surface area (Å²) in [6, 6.07) is 5.74. The molecule has 33 heavy (non-hydrogen) atoms. The van der Waals surface area contributed by atoms with Gasteiger partial charge in [0, 0.05) is 10.4 Å². The van der Waals surface area contributed by atoms with Crippen molar-refractivity contribution in [2.75, 3.05) is 11.9 Å². The second kappa shape index (κ2) is 9.79. The quantitative estimate of drug-likeness (QED) is 0.269. The van der Waals surface area contributed by atoms with E-state index in [1.54, 1.807) is 5.32 Å². The Morgan fingerprint density at radius 3 is 2.42 bits per heavy atom. The third-order valence-electron chi connectivity index (χ3n) is 5.25. The molecule has 6 nitrogen and oxygen atoms in total. The second-order valence-electron chi connectivity index (χ2n) is 7.43. The first-order valence-electron chi connectivity index (χ1n) is 10.3. The minimum Gasteiger partial charge on any atom is -0.463 e. The van der Waals surface area contributed by atoms with Crippen LogP contribution in [0, 0.1) is 17.1 Å². The highest BCUT2D eigenvalue weighted by molar-refractivity contribution is 7.16. The van der Waals surface area contributed by atoms with E-state index in [4.69, 9.17) is 0 Å². The molecule has 2 N–H and O–H groups in total. The van der Waals surface area contributed by atoms with Crippen LogP contribution in [0.2, 0.25) is 0 Å². The third kappa shape index (κ3) is 4.95. The van der Waals surface area contributed by atoms with Crippen LogP contribution in [0.4, 0.5) is 22.6 Å². The lowest BCUT2D eigenvalue weighted by atomic mass is 10.0. The average Bonchev–Trinajstić information content (AvgIpc) is 2.91. The smallest absolute Gasteiger partial charge is 0.441 e. The van der Waals surface area contributed by atoms with Crippen LogP contribution in [0.1, 0.15) is 52.5 Å². The molecular formula is C22H21F4N3O3S. The molecule has 1 atom stereocenters. The van der Waals surface area contributed by atoms with Crippen LogP contribution in [0.5, 0.6) is 0 Å². The van der Waals surface area contributed by atoms with Gasteiger partial charge >= 0.3 is 17.8 Å². The van der Waals surface area contributed by atoms with E-state index in [1.807, 2.05) is 6.07 Å². The number of carbonyl (C=O) groups is 2. The molecule has 1 amide bonds. The maximum atomic E-state index is 14.4. The molecule has 1 aliphatic carbocycles. The summed E-state index contributed by atoms with van der Waals surface area (Å²) in [6.07, 6.45) is -1.63. The fourth-order valence-corrected chi connectivity index (χ4v) is 4.89. The number of anilines is 1. The van der Waals surface area contributed by atoms with Crippen LogP contribution in [0.25, 0.3) is 0 Å². The molecule has 1 aromatic heterocycles. The molecule has 2 aromatic rings. The molecule has 0 radical (unpaired) electrons. The summed E-state index contributed by atoms with van der Waals surface area (Å²) in [5, 5.41) is 13.3. The van der Waals surface area contributed by atoms with E-state index in [0.29, 0.717) is 18.4 Å². The highest BCUT2D eigenvalue weighted by atomic mass is 32.1. The number of nitrogens with zero attached hydrogens (tertiary/aromatic N) is 1. The maximum Gasteiger partial charge on any atom is 0.441 e. The molecule has 1 aliphatic rings. The van der Waals surface area contributed by atoms with E-state index in [1.165, 1.54) is 6.92 Å². The second-order valence-corrected chi connectivity index (χ2v) is 8.54. The number of alkyl halides is 3. The Morgan fingerprint density at radius 2 is 1.82 bits per heavy atom. The number of hydrogen-bond acceptors (Lipinski definition) is 6. The van der Waals surface area contributed by atoms with Gasteiger partial charge in [-0.25, -0.2) is 9.18 Å². The van der Waals surface area contributed by atoms with Gasteiger partial charge in [-0.1, -0.05) is 6.42 Å². The zero-order valence-corrected chi connectivity index (χ0v) is 18.5. The summed E-state index contributed by atoms with van der Waals surface area (Å²) in [5.41, 5.74) is -3.28. The van der Waals surface area contributed by atoms with E-state index in [2.05, 4.69) is 10.1 Å². The number of nitrogens with one attached hydrogen (secondary N) is 2. The van der Waals surface area contributed by atoms with Crippen LogP contribution in [-0.2, 0) is 22.4 Å². The Kier molecular flexibility index (Phi) is 7.27. The lowest BCUT2D eigenvalue weighted by molar-refractivity contribution is -0.204. The zero-order chi connectivity index (χ0) is 24.2. The molecule has 0 saturated carbocycles. The van der Waals surface area contributed by atoms with Gasteiger partial charge in [-0.2, -0.15) is 18.4 Å². The number of benzene rings is 1. The summed E-state index contributed by atoms with van der Waals surface area (Å²) in [7, 11) is 0. The van der Waals surface area contributed by atoms with Gasteiger partial charge in [-0.15, -0.1) is 11.3 Å². The molecule has 0 aliphatic heterocycles. The number of thiophene rings is 1. The number of aryl methyl sites for hydroxylation is 1. The third-order valence-corrected chi connectivity index (χ3v) is 6.46. The molecule has 1 aromatic carbocycles. The molecule has 0 saturated heterocycles. The Morgan fingerprint density at radius 1 is 1.15 bits per heavy atom. The summed E-state index contributed by atoms with van der Waals surface area (Å²) in [5.74, 6) is -3.74. The van der Waals surface area contributed by atoms with Crippen molar-refractivity contribution in [3.8, 4) is 6.07 Å². The summed E-state index contributed by atoms with van der Waals surface area (Å²) < 4.78 is 61.2. The van der Waals surface area contributed by atoms with Crippen molar-refractivity contribution in [1.29, 1.82) is 5.26 Å². The van der Waals surface area contributed by atoms with Crippen molar-refractivity contribution in [2.24, 2.45) is 0 Å². The first kappa shape index (κ1) is 24.5. The van der Waals surface area contributed by atoms with Crippen molar-refractivity contribution < 1.29 is 31.9 Å². The number of esters is 1. The predicted octanol–water partition coefficient (Wildman–Crippen LogP) is 4.69. The first-order chi connectivity index (χ1) is 15.6. The van der Waals surface area contributed by atoms with Gasteiger partial charge in [-0.05, 0) is 62.4 Å². The van der Waals surface area contributed by atoms with Crippen LogP contribution < -0.4 is 10.6 Å². The lowest BCUT2D eigenvalue weighted by Gasteiger charge is -2.35. The number of hydrogen-bond donors (Lipinski definition) is 2. The Hall–Kier alpha value is -3.13. The van der Waals surface area contributed by atoms with Gasteiger partial charge in [0.15, 0.2) is 0 Å². The molecule has 0 unspecified atom stereocenters. The monoisotopic (exact) mass is 483 g/mol. The van der Waals surface area contributed by atoms with E-state index in [9.17, 15) is 32.4 Å². The zero-order valence-electron chi connectivity index (χ0n) is 17.6. The number of ether oxygens (including phenoxy) is 1. The normalized spacial score (nSPS) is 15.4. The first-order valence-corrected chi connectivity index (χ1v) is 11.1. The molecule has 0 fully saturated rings. The molecule has 1 heterocycles. The number of rotatable bonds is 6. The van der Waals surface area contributed by atoms with E-state index in [-0.39, 0.29) is 22.7 Å². The Labute approximate surface area is 191 Å². The highest BCUT2D eigenvalue weighted by Crippen LogP contribution is 2.41. The Balaban J connectivity index is 2.09. The molecule has 176 valence electrons. The van der Waals surface area contributed by atoms with Crippen LogP contribution in [-0.4, -0.2) is 30.3 Å². The minimum atomic E-state index is -5.34. The van der Waals surface area contributed by atoms with Gasteiger partial charge in [0.1, 0.15) is 16.9 Å². The van der Waals surface area contributed by atoms with Gasteiger partial charge in [-0.3, -0.25) is 4.79 Å². The summed E-state index contributed by atoms with van der Waals surface area (Å²) in [6.45, 7) is 0.950. The van der Waals surface area contributed by atoms with Crippen LogP contribution >= 0.6 is 11.3 Å². The fourth-order valence-electron chi connectivity index (χ4n) is 3.59. The average molecular weight is 483 g/mol. The largest absolute Gasteiger partial charge is 0.463 e. The molecule has 0 bridgehead atoms. The highest BCUT2D eigenvalue weighted by Gasteiger charge is 2.64. The predicted molar refractivity (Wildman–Crippen MR) is 113 cm³/mol. The topological polar surface area (TPSA) is 91.2 Å². The van der Waals surface area contributed by atoms with Gasteiger partial charge < -0.3 is 15.4 Å². The number of halogens is 4. The van der Waals surface area contributed by atoms with Crippen molar-refractivity contribution in [3.63, 3.8) is 0 Å².